The Morgan fingerprint density at radius 1 is 1.43 bits per heavy atom. The summed E-state index contributed by atoms with van der Waals surface area (Å²) in [4.78, 5) is 0. The van der Waals surface area contributed by atoms with Crippen LogP contribution >= 0.6 is 0 Å². The molecular weight excluding hydrogens is 168 g/mol. The Kier molecular flexibility index (Phi) is 3.44. The predicted molar refractivity (Wildman–Crippen MR) is 64.2 cm³/mol. The Labute approximate surface area is 89.8 Å². The van der Waals surface area contributed by atoms with E-state index in [-0.39, 0.29) is 0 Å². The van der Waals surface area contributed by atoms with E-state index < -0.39 is 0 Å². The summed E-state index contributed by atoms with van der Waals surface area (Å²) in [5, 5.41) is 0. The van der Waals surface area contributed by atoms with Crippen molar-refractivity contribution >= 4 is 0 Å². The van der Waals surface area contributed by atoms with Crippen LogP contribution < -0.4 is 0 Å². The Balaban J connectivity index is 2.61. The highest BCUT2D eigenvalue weighted by Gasteiger charge is 2.52. The third-order valence-electron chi connectivity index (χ3n) is 4.53. The summed E-state index contributed by atoms with van der Waals surface area (Å²) in [6, 6.07) is 0. The first kappa shape index (κ1) is 11.8. The molecule has 82 valence electrons. The molecule has 1 saturated carbocycles. The molecule has 0 radical (unpaired) electrons. The molecular formula is C14H26. The molecule has 4 atom stereocenters. The summed E-state index contributed by atoms with van der Waals surface area (Å²) in [6.45, 7) is 15.8. The molecule has 0 heteroatoms. The summed E-state index contributed by atoms with van der Waals surface area (Å²) in [6.07, 6.45) is 4.87. The molecule has 0 spiro atoms. The van der Waals surface area contributed by atoms with Crippen molar-refractivity contribution in [1.82, 2.24) is 0 Å². The quantitative estimate of drug-likeness (QED) is 0.565. The molecule has 0 N–H and O–H groups in total. The molecule has 0 aromatic carbocycles. The molecule has 1 rings (SSSR count). The van der Waals surface area contributed by atoms with Gasteiger partial charge in [0.1, 0.15) is 0 Å². The fourth-order valence-corrected chi connectivity index (χ4v) is 2.81. The second kappa shape index (κ2) is 4.08. The van der Waals surface area contributed by atoms with Gasteiger partial charge >= 0.3 is 0 Å². The predicted octanol–water partition coefficient (Wildman–Crippen LogP) is 4.52. The van der Waals surface area contributed by atoms with Gasteiger partial charge in [0.15, 0.2) is 0 Å². The molecule has 0 heterocycles. The Morgan fingerprint density at radius 2 is 2.00 bits per heavy atom. The zero-order valence-electron chi connectivity index (χ0n) is 10.5. The van der Waals surface area contributed by atoms with Crippen LogP contribution in [-0.2, 0) is 0 Å². The van der Waals surface area contributed by atoms with Crippen molar-refractivity contribution in [2.75, 3.05) is 0 Å². The average Bonchev–Trinajstić information content (AvgIpc) is 2.80. The minimum Gasteiger partial charge on any atom is -0.103 e. The van der Waals surface area contributed by atoms with Gasteiger partial charge in [-0.15, -0.1) is 6.58 Å². The Bertz CT molecular complexity index is 204. The molecule has 1 fully saturated rings. The first-order valence-electron chi connectivity index (χ1n) is 6.09. The lowest BCUT2D eigenvalue weighted by atomic mass is 9.78. The fourth-order valence-electron chi connectivity index (χ4n) is 2.81. The van der Waals surface area contributed by atoms with Gasteiger partial charge in [0, 0.05) is 0 Å². The van der Waals surface area contributed by atoms with Crippen molar-refractivity contribution in [2.24, 2.45) is 29.1 Å². The van der Waals surface area contributed by atoms with Crippen LogP contribution in [0, 0.1) is 29.1 Å². The van der Waals surface area contributed by atoms with Gasteiger partial charge < -0.3 is 0 Å². The molecule has 0 aromatic rings. The van der Waals surface area contributed by atoms with Gasteiger partial charge in [-0.1, -0.05) is 47.1 Å². The van der Waals surface area contributed by atoms with E-state index in [1.165, 1.54) is 12.8 Å². The maximum absolute atomic E-state index is 3.97. The highest BCUT2D eigenvalue weighted by molar-refractivity contribution is 5.12. The first-order valence-corrected chi connectivity index (χ1v) is 6.09. The van der Waals surface area contributed by atoms with Gasteiger partial charge in [-0.3, -0.25) is 0 Å². The zero-order chi connectivity index (χ0) is 10.9. The topological polar surface area (TPSA) is 0 Å². The minimum absolute atomic E-state index is 0.462. The number of rotatable bonds is 5. The van der Waals surface area contributed by atoms with Crippen molar-refractivity contribution in [2.45, 2.75) is 47.5 Å². The summed E-state index contributed by atoms with van der Waals surface area (Å²) < 4.78 is 0. The van der Waals surface area contributed by atoms with E-state index in [1.54, 1.807) is 0 Å². The van der Waals surface area contributed by atoms with Crippen LogP contribution in [0.2, 0.25) is 0 Å². The molecule has 4 unspecified atom stereocenters. The van der Waals surface area contributed by atoms with Crippen molar-refractivity contribution < 1.29 is 0 Å². The summed E-state index contributed by atoms with van der Waals surface area (Å²) >= 11 is 0. The van der Waals surface area contributed by atoms with E-state index in [0.717, 1.165) is 23.7 Å². The second-order valence-electron chi connectivity index (χ2n) is 5.70. The van der Waals surface area contributed by atoms with Crippen LogP contribution in [0.15, 0.2) is 12.7 Å². The van der Waals surface area contributed by atoms with E-state index in [2.05, 4.69) is 47.3 Å². The number of hydrogen-bond acceptors (Lipinski definition) is 0. The van der Waals surface area contributed by atoms with Crippen LogP contribution in [-0.4, -0.2) is 0 Å². The Hall–Kier alpha value is -0.260. The van der Waals surface area contributed by atoms with Crippen LogP contribution in [0.1, 0.15) is 47.5 Å². The van der Waals surface area contributed by atoms with Crippen LogP contribution in [0.3, 0.4) is 0 Å². The van der Waals surface area contributed by atoms with Crippen LogP contribution in [0.5, 0.6) is 0 Å². The largest absolute Gasteiger partial charge is 0.103 e. The lowest BCUT2D eigenvalue weighted by molar-refractivity contribution is 0.225. The highest BCUT2D eigenvalue weighted by atomic mass is 14.6. The van der Waals surface area contributed by atoms with E-state index in [4.69, 9.17) is 0 Å². The number of hydrogen-bond donors (Lipinski definition) is 0. The molecule has 0 nitrogen and oxygen atoms in total. The van der Waals surface area contributed by atoms with E-state index in [1.807, 2.05) is 0 Å². The van der Waals surface area contributed by atoms with Gasteiger partial charge in [0.05, 0.1) is 0 Å². The van der Waals surface area contributed by atoms with Gasteiger partial charge in [-0.2, -0.15) is 0 Å². The summed E-state index contributed by atoms with van der Waals surface area (Å²) in [5.41, 5.74) is 0.462. The molecule has 0 saturated heterocycles. The SMILES string of the molecule is C=CC1(C)CC1C(CC)C(C)C(C)C. The first-order chi connectivity index (χ1) is 6.46. The van der Waals surface area contributed by atoms with E-state index in [9.17, 15) is 0 Å². The minimum atomic E-state index is 0.462. The van der Waals surface area contributed by atoms with Gasteiger partial charge in [-0.25, -0.2) is 0 Å². The monoisotopic (exact) mass is 194 g/mol. The second-order valence-corrected chi connectivity index (χ2v) is 5.70. The van der Waals surface area contributed by atoms with Crippen molar-refractivity contribution in [1.29, 1.82) is 0 Å². The maximum atomic E-state index is 3.97. The van der Waals surface area contributed by atoms with Gasteiger partial charge in [0.25, 0.3) is 0 Å². The molecule has 0 aromatic heterocycles. The molecule has 0 amide bonds. The fraction of sp³-hybridized carbons (Fsp3) is 0.857. The van der Waals surface area contributed by atoms with Gasteiger partial charge in [-0.05, 0) is 35.5 Å². The van der Waals surface area contributed by atoms with Gasteiger partial charge in [0.2, 0.25) is 0 Å². The maximum Gasteiger partial charge on any atom is -0.0115 e. The smallest absolute Gasteiger partial charge is 0.0115 e. The summed E-state index contributed by atoms with van der Waals surface area (Å²) in [7, 11) is 0. The summed E-state index contributed by atoms with van der Waals surface area (Å²) in [5.74, 6) is 3.47. The normalized spacial score (nSPS) is 35.4. The molecule has 14 heavy (non-hydrogen) atoms. The number of allylic oxidation sites excluding steroid dienone is 1. The van der Waals surface area contributed by atoms with E-state index in [0.29, 0.717) is 5.41 Å². The van der Waals surface area contributed by atoms with E-state index >= 15 is 0 Å². The lowest BCUT2D eigenvalue weighted by Crippen LogP contribution is -2.20. The van der Waals surface area contributed by atoms with Crippen molar-refractivity contribution in [3.05, 3.63) is 12.7 Å². The van der Waals surface area contributed by atoms with Crippen molar-refractivity contribution in [3.8, 4) is 0 Å². The van der Waals surface area contributed by atoms with Crippen LogP contribution in [0.4, 0.5) is 0 Å². The molecule has 0 bridgehead atoms. The van der Waals surface area contributed by atoms with Crippen molar-refractivity contribution in [3.63, 3.8) is 0 Å². The third kappa shape index (κ3) is 2.04. The average molecular weight is 194 g/mol. The van der Waals surface area contributed by atoms with Crippen LogP contribution in [0.25, 0.3) is 0 Å². The Morgan fingerprint density at radius 3 is 2.29 bits per heavy atom. The highest BCUT2D eigenvalue weighted by Crippen LogP contribution is 2.59. The standard InChI is InChI=1S/C14H26/c1-7-12(11(5)10(3)4)13-9-14(13,6)8-2/h8,10-13H,2,7,9H2,1,3-6H3. The lowest BCUT2D eigenvalue weighted by Gasteiger charge is -2.27. The molecule has 1 aliphatic rings. The third-order valence-corrected chi connectivity index (χ3v) is 4.53. The zero-order valence-corrected chi connectivity index (χ0v) is 10.5. The molecule has 1 aliphatic carbocycles. The molecule has 0 aliphatic heterocycles.